The molecule has 1 aliphatic rings. The van der Waals surface area contributed by atoms with Crippen LogP contribution in [0.25, 0.3) is 0 Å². The van der Waals surface area contributed by atoms with Gasteiger partial charge in [-0.2, -0.15) is 0 Å². The Balaban J connectivity index is 1.56. The van der Waals surface area contributed by atoms with Crippen molar-refractivity contribution in [3.8, 4) is 0 Å². The number of aromatic carboxylic acids is 1. The molecule has 24 heavy (non-hydrogen) atoms. The molecule has 2 aromatic rings. The van der Waals surface area contributed by atoms with E-state index >= 15 is 0 Å². The summed E-state index contributed by atoms with van der Waals surface area (Å²) in [6.45, 7) is 2.48. The molecule has 0 spiro atoms. The fourth-order valence-electron chi connectivity index (χ4n) is 3.08. The highest BCUT2D eigenvalue weighted by Crippen LogP contribution is 2.21. The fraction of sp³-hybridized carbons (Fsp3) is 0.316. The van der Waals surface area contributed by atoms with Crippen molar-refractivity contribution in [2.45, 2.75) is 25.4 Å². The van der Waals surface area contributed by atoms with Crippen LogP contribution in [0.3, 0.4) is 0 Å². The van der Waals surface area contributed by atoms with E-state index in [1.54, 1.807) is 24.3 Å². The van der Waals surface area contributed by atoms with Gasteiger partial charge in [0, 0.05) is 31.4 Å². The summed E-state index contributed by atoms with van der Waals surface area (Å²) in [5, 5.41) is 12.4. The van der Waals surface area contributed by atoms with Crippen LogP contribution >= 0.6 is 0 Å². The van der Waals surface area contributed by atoms with E-state index in [1.807, 2.05) is 18.2 Å². The summed E-state index contributed by atoms with van der Waals surface area (Å²) in [4.78, 5) is 13.1. The van der Waals surface area contributed by atoms with E-state index in [-0.39, 0.29) is 5.82 Å². The maximum atomic E-state index is 13.4. The number of carboxylic acid groups (broad SMARTS) is 1. The molecular weight excluding hydrogens is 307 g/mol. The molecule has 3 rings (SSSR count). The second-order valence-electron chi connectivity index (χ2n) is 6.15. The Hall–Kier alpha value is -2.40. The van der Waals surface area contributed by atoms with Gasteiger partial charge >= 0.3 is 5.97 Å². The Morgan fingerprint density at radius 2 is 2.04 bits per heavy atom. The molecular formula is C19H21FN2O2. The summed E-state index contributed by atoms with van der Waals surface area (Å²) in [7, 11) is 0. The molecule has 1 aliphatic heterocycles. The molecule has 0 bridgehead atoms. The first-order chi connectivity index (χ1) is 11.6. The van der Waals surface area contributed by atoms with Crippen LogP contribution in [0.5, 0.6) is 0 Å². The van der Waals surface area contributed by atoms with Crippen LogP contribution in [-0.4, -0.2) is 30.2 Å². The molecule has 1 fully saturated rings. The molecule has 4 nitrogen and oxygen atoms in total. The monoisotopic (exact) mass is 328 g/mol. The zero-order valence-corrected chi connectivity index (χ0v) is 13.4. The number of benzene rings is 2. The van der Waals surface area contributed by atoms with E-state index in [1.165, 1.54) is 6.07 Å². The maximum absolute atomic E-state index is 13.4. The van der Waals surface area contributed by atoms with Crippen LogP contribution in [0.4, 0.5) is 10.1 Å². The van der Waals surface area contributed by atoms with Crippen molar-refractivity contribution in [3.05, 3.63) is 65.5 Å². The standard InChI is InChI=1S/C19H21FN2O2/c20-16-3-1-5-18(11-16)22-10-2-4-17(13-22)21-12-14-6-8-15(9-7-14)19(23)24/h1,3,5-9,11,17,21H,2,4,10,12-13H2,(H,23,24). The molecule has 2 N–H and O–H groups in total. The first-order valence-corrected chi connectivity index (χ1v) is 8.18. The number of halogens is 1. The summed E-state index contributed by atoms with van der Waals surface area (Å²) in [6, 6.07) is 14.0. The van der Waals surface area contributed by atoms with Crippen molar-refractivity contribution in [2.24, 2.45) is 0 Å². The first kappa shape index (κ1) is 16.5. The molecule has 126 valence electrons. The Bertz CT molecular complexity index is 703. The molecule has 1 atom stereocenters. The van der Waals surface area contributed by atoms with Gasteiger partial charge in [-0.1, -0.05) is 18.2 Å². The lowest BCUT2D eigenvalue weighted by Crippen LogP contribution is -2.45. The van der Waals surface area contributed by atoms with Crippen LogP contribution < -0.4 is 10.2 Å². The number of carbonyl (C=O) groups is 1. The van der Waals surface area contributed by atoms with E-state index in [9.17, 15) is 9.18 Å². The van der Waals surface area contributed by atoms with Crippen LogP contribution in [0.2, 0.25) is 0 Å². The van der Waals surface area contributed by atoms with Gasteiger partial charge in [0.05, 0.1) is 5.56 Å². The normalized spacial score (nSPS) is 17.7. The van der Waals surface area contributed by atoms with Crippen LogP contribution in [0.15, 0.2) is 48.5 Å². The minimum atomic E-state index is -0.910. The Labute approximate surface area is 140 Å². The predicted molar refractivity (Wildman–Crippen MR) is 91.9 cm³/mol. The summed E-state index contributed by atoms with van der Waals surface area (Å²) in [5.74, 6) is -1.12. The first-order valence-electron chi connectivity index (χ1n) is 8.18. The van der Waals surface area contributed by atoms with Crippen molar-refractivity contribution >= 4 is 11.7 Å². The maximum Gasteiger partial charge on any atom is 0.335 e. The van der Waals surface area contributed by atoms with Gasteiger partial charge < -0.3 is 15.3 Å². The van der Waals surface area contributed by atoms with Crippen molar-refractivity contribution in [1.29, 1.82) is 0 Å². The number of nitrogens with one attached hydrogen (secondary N) is 1. The molecule has 0 aromatic heterocycles. The van der Waals surface area contributed by atoms with E-state index in [0.717, 1.165) is 37.2 Å². The third-order valence-electron chi connectivity index (χ3n) is 4.39. The second-order valence-corrected chi connectivity index (χ2v) is 6.15. The highest BCUT2D eigenvalue weighted by Gasteiger charge is 2.20. The van der Waals surface area contributed by atoms with Gasteiger partial charge in [-0.25, -0.2) is 9.18 Å². The lowest BCUT2D eigenvalue weighted by atomic mass is 10.0. The topological polar surface area (TPSA) is 52.6 Å². The summed E-state index contributed by atoms with van der Waals surface area (Å²) in [5.41, 5.74) is 2.28. The van der Waals surface area contributed by atoms with Gasteiger partial charge in [-0.3, -0.25) is 0 Å². The summed E-state index contributed by atoms with van der Waals surface area (Å²) >= 11 is 0. The average Bonchev–Trinajstić information content (AvgIpc) is 2.60. The van der Waals surface area contributed by atoms with Crippen molar-refractivity contribution in [1.82, 2.24) is 5.32 Å². The van der Waals surface area contributed by atoms with E-state index in [4.69, 9.17) is 5.11 Å². The molecule has 0 aliphatic carbocycles. The highest BCUT2D eigenvalue weighted by molar-refractivity contribution is 5.87. The molecule has 0 radical (unpaired) electrons. The van der Waals surface area contributed by atoms with Gasteiger partial charge in [-0.15, -0.1) is 0 Å². The van der Waals surface area contributed by atoms with E-state index in [0.29, 0.717) is 18.2 Å². The smallest absolute Gasteiger partial charge is 0.335 e. The van der Waals surface area contributed by atoms with Crippen LogP contribution in [0.1, 0.15) is 28.8 Å². The molecule has 1 unspecified atom stereocenters. The quantitative estimate of drug-likeness (QED) is 0.884. The minimum absolute atomic E-state index is 0.207. The highest BCUT2D eigenvalue weighted by atomic mass is 19.1. The van der Waals surface area contributed by atoms with Crippen molar-refractivity contribution in [2.75, 3.05) is 18.0 Å². The lowest BCUT2D eigenvalue weighted by Gasteiger charge is -2.35. The van der Waals surface area contributed by atoms with Gasteiger partial charge in [0.2, 0.25) is 0 Å². The fourth-order valence-corrected chi connectivity index (χ4v) is 3.08. The number of carboxylic acids is 1. The second kappa shape index (κ2) is 7.45. The van der Waals surface area contributed by atoms with E-state index < -0.39 is 5.97 Å². The minimum Gasteiger partial charge on any atom is -0.478 e. The number of anilines is 1. The molecule has 0 saturated carbocycles. The van der Waals surface area contributed by atoms with Crippen LogP contribution in [0, 0.1) is 5.82 Å². The van der Waals surface area contributed by atoms with Crippen molar-refractivity contribution in [3.63, 3.8) is 0 Å². The third kappa shape index (κ3) is 4.11. The zero-order chi connectivity index (χ0) is 16.9. The third-order valence-corrected chi connectivity index (χ3v) is 4.39. The summed E-state index contributed by atoms with van der Waals surface area (Å²) in [6.07, 6.45) is 2.14. The Morgan fingerprint density at radius 3 is 2.75 bits per heavy atom. The van der Waals surface area contributed by atoms with Gasteiger partial charge in [0.1, 0.15) is 5.82 Å². The van der Waals surface area contributed by atoms with Crippen molar-refractivity contribution < 1.29 is 14.3 Å². The summed E-state index contributed by atoms with van der Waals surface area (Å²) < 4.78 is 13.4. The molecule has 0 amide bonds. The largest absolute Gasteiger partial charge is 0.478 e. The SMILES string of the molecule is O=C(O)c1ccc(CNC2CCCN(c3cccc(F)c3)C2)cc1. The Morgan fingerprint density at radius 1 is 1.25 bits per heavy atom. The number of rotatable bonds is 5. The Kier molecular flexibility index (Phi) is 5.11. The number of hydrogen-bond acceptors (Lipinski definition) is 3. The predicted octanol–water partition coefficient (Wildman–Crippen LogP) is 3.28. The average molecular weight is 328 g/mol. The van der Waals surface area contributed by atoms with Crippen LogP contribution in [-0.2, 0) is 6.54 Å². The van der Waals surface area contributed by atoms with Gasteiger partial charge in [0.15, 0.2) is 0 Å². The number of hydrogen-bond donors (Lipinski definition) is 2. The number of nitrogens with zero attached hydrogens (tertiary/aromatic N) is 1. The zero-order valence-electron chi connectivity index (χ0n) is 13.4. The molecule has 2 aromatic carbocycles. The van der Waals surface area contributed by atoms with Gasteiger partial charge in [0.25, 0.3) is 0 Å². The lowest BCUT2D eigenvalue weighted by molar-refractivity contribution is 0.0697. The molecule has 5 heteroatoms. The van der Waals surface area contributed by atoms with E-state index in [2.05, 4.69) is 10.2 Å². The van der Waals surface area contributed by atoms with Gasteiger partial charge in [-0.05, 0) is 48.7 Å². The molecule has 1 saturated heterocycles. The number of piperidine rings is 1. The molecule has 1 heterocycles.